The van der Waals surface area contributed by atoms with Gasteiger partial charge in [0.2, 0.25) is 5.75 Å². The summed E-state index contributed by atoms with van der Waals surface area (Å²) in [6.45, 7) is 13.4. The van der Waals surface area contributed by atoms with Crippen molar-refractivity contribution in [1.82, 2.24) is 9.47 Å². The van der Waals surface area contributed by atoms with Crippen LogP contribution in [0, 0.1) is 46.5 Å². The van der Waals surface area contributed by atoms with Gasteiger partial charge in [-0.1, -0.05) is 45.0 Å². The molecule has 3 heterocycles. The third-order valence-corrected chi connectivity index (χ3v) is 16.1. The van der Waals surface area contributed by atoms with Crippen molar-refractivity contribution >= 4 is 30.9 Å². The molecule has 9 rings (SSSR count). The molecule has 9 atom stereocenters. The van der Waals surface area contributed by atoms with Gasteiger partial charge in [-0.15, -0.1) is 5.54 Å². The van der Waals surface area contributed by atoms with Crippen LogP contribution < -0.4 is 18.9 Å². The van der Waals surface area contributed by atoms with Crippen LogP contribution in [0.2, 0.25) is 19.6 Å². The molecule has 12 heteroatoms. The number of carbonyl (C=O) groups excluding carboxylic acids is 2. The molecule has 4 saturated carbocycles. The predicted molar refractivity (Wildman–Crippen MR) is 237 cm³/mol. The van der Waals surface area contributed by atoms with Crippen molar-refractivity contribution in [3.63, 3.8) is 0 Å². The number of carbonyl (C=O) groups is 2. The number of piperidine rings is 1. The van der Waals surface area contributed by atoms with Crippen LogP contribution >= 0.6 is 0 Å². The first-order valence-corrected chi connectivity index (χ1v) is 25.4. The number of aromatic nitrogens is 1. The van der Waals surface area contributed by atoms with Crippen LogP contribution in [0.4, 0.5) is 0 Å². The highest BCUT2D eigenvalue weighted by Gasteiger charge is 2.57. The molecule has 0 spiro atoms. The molecule has 1 aromatic heterocycles. The number of allylic oxidation sites excluding steroid dienone is 2. The molecule has 0 radical (unpaired) electrons. The molecule has 11 nitrogen and oxygen atoms in total. The number of hydrogen-bond acceptors (Lipinski definition) is 10. The van der Waals surface area contributed by atoms with Crippen LogP contribution in [-0.4, -0.2) is 97.4 Å². The fraction of sp³-hybridized carbons (Fsp3) is 0.592. The summed E-state index contributed by atoms with van der Waals surface area (Å²) in [6.07, 6.45) is 5.47. The third kappa shape index (κ3) is 7.32. The van der Waals surface area contributed by atoms with E-state index < -0.39 is 32.2 Å². The van der Waals surface area contributed by atoms with E-state index in [0.717, 1.165) is 38.1 Å². The van der Waals surface area contributed by atoms with Gasteiger partial charge in [-0.25, -0.2) is 4.79 Å². The lowest BCUT2D eigenvalue weighted by molar-refractivity contribution is -0.176. The molecule has 1 saturated heterocycles. The zero-order chi connectivity index (χ0) is 43.7. The molecule has 2 aromatic carbocycles. The van der Waals surface area contributed by atoms with Gasteiger partial charge >= 0.3 is 11.9 Å². The predicted octanol–water partition coefficient (Wildman–Crippen LogP) is 8.14. The maximum atomic E-state index is 13.9. The number of aryl methyl sites for hydroxylation is 1. The summed E-state index contributed by atoms with van der Waals surface area (Å²) in [5.74, 6) is 5.49. The average molecular weight is 853 g/mol. The summed E-state index contributed by atoms with van der Waals surface area (Å²) >= 11 is 0. The Labute approximate surface area is 362 Å². The van der Waals surface area contributed by atoms with E-state index in [4.69, 9.17) is 33.2 Å². The van der Waals surface area contributed by atoms with Gasteiger partial charge in [0.05, 0.1) is 58.6 Å². The minimum atomic E-state index is -1.53. The van der Waals surface area contributed by atoms with Gasteiger partial charge in [-0.2, -0.15) is 0 Å². The molecule has 2 aliphatic heterocycles. The summed E-state index contributed by atoms with van der Waals surface area (Å²) in [5, 5.41) is 1.29. The smallest absolute Gasteiger partial charge is 0.338 e. The van der Waals surface area contributed by atoms with E-state index in [2.05, 4.69) is 79.7 Å². The van der Waals surface area contributed by atoms with Crippen molar-refractivity contribution in [2.45, 2.75) is 89.8 Å². The standard InChI is InChI=1S/C49H64N2O9Si/c1-49(2)29-21-33(30(36(49)22-29)14-13-17-61(10,11)12)35-23-34-31-15-16-51-26-28-20-42(60-47(52)27-18-40(55-5)45(57-7)41(19-27)56-6)46(58-8)43(48(53)59-9)32(28)24-38(51)44(31)50(3)37(34)25-39(35)54-4/h14,18-19,23,25,28-29,32-33,36,38,42-43,46H,15-16,20-22,24,26H2,1-12H3/b30-14-/t28-,29+,32+,33+,36+,38-,42-,43+,46+/m1/s1. The first-order chi connectivity index (χ1) is 29.1. The number of methoxy groups -OCH3 is 6. The summed E-state index contributed by atoms with van der Waals surface area (Å²) in [7, 11) is 9.97. The van der Waals surface area contributed by atoms with E-state index in [1.807, 2.05) is 0 Å². The zero-order valence-electron chi connectivity index (χ0n) is 38.1. The van der Waals surface area contributed by atoms with E-state index in [0.29, 0.717) is 35.5 Å². The van der Waals surface area contributed by atoms with Crippen molar-refractivity contribution in [1.29, 1.82) is 0 Å². The summed E-state index contributed by atoms with van der Waals surface area (Å²) < 4.78 is 43.0. The normalized spacial score (nSPS) is 29.5. The van der Waals surface area contributed by atoms with Gasteiger partial charge in [0.25, 0.3) is 0 Å². The molecule has 61 heavy (non-hydrogen) atoms. The first-order valence-electron chi connectivity index (χ1n) is 21.9. The lowest BCUT2D eigenvalue weighted by Gasteiger charge is -2.60. The lowest BCUT2D eigenvalue weighted by atomic mass is 9.44. The van der Waals surface area contributed by atoms with Crippen LogP contribution in [-0.2, 0) is 32.5 Å². The molecule has 6 aliphatic rings. The maximum absolute atomic E-state index is 13.9. The molecule has 328 valence electrons. The fourth-order valence-electron chi connectivity index (χ4n) is 12.0. The number of rotatable bonds is 9. The van der Waals surface area contributed by atoms with Crippen LogP contribution in [0.15, 0.2) is 35.9 Å². The quantitative estimate of drug-likeness (QED) is 0.119. The molecular weight excluding hydrogens is 789 g/mol. The number of nitrogens with zero attached hydrogens (tertiary/aromatic N) is 2. The SMILES string of the molecule is COC(=O)[C@H]1[C@H]2C[C@@H]3c4c(c5cc([C@H]6C[C@H]7C[C@@H](/C6=C\C#C[Si](C)(C)C)C7(C)C)c(OC)cc5n4C)CCN3C[C@H]2C[C@@H](OC(=O)c2cc(OC)c(OC)c(OC)c2)[C@@H]1OC. The van der Waals surface area contributed by atoms with Crippen molar-refractivity contribution < 1.29 is 42.7 Å². The summed E-state index contributed by atoms with van der Waals surface area (Å²) in [6, 6.07) is 7.96. The van der Waals surface area contributed by atoms with Crippen molar-refractivity contribution in [2.24, 2.45) is 42.1 Å². The minimum absolute atomic E-state index is 0.0499. The molecule has 2 bridgehead atoms. The highest BCUT2D eigenvalue weighted by atomic mass is 28.3. The minimum Gasteiger partial charge on any atom is -0.496 e. The Kier molecular flexibility index (Phi) is 11.6. The largest absolute Gasteiger partial charge is 0.496 e. The van der Waals surface area contributed by atoms with Gasteiger partial charge < -0.3 is 37.7 Å². The highest BCUT2D eigenvalue weighted by Crippen LogP contribution is 2.66. The van der Waals surface area contributed by atoms with Crippen LogP contribution in [0.1, 0.15) is 78.7 Å². The first kappa shape index (κ1) is 43.2. The van der Waals surface area contributed by atoms with Gasteiger partial charge in [0.15, 0.2) is 11.5 Å². The summed E-state index contributed by atoms with van der Waals surface area (Å²) in [5.41, 5.74) is 10.7. The van der Waals surface area contributed by atoms with Crippen LogP contribution in [0.25, 0.3) is 10.9 Å². The Morgan fingerprint density at radius 2 is 1.59 bits per heavy atom. The second-order valence-corrected chi connectivity index (χ2v) is 24.3. The third-order valence-electron chi connectivity index (χ3n) is 15.2. The fourth-order valence-corrected chi connectivity index (χ4v) is 12.5. The Bertz CT molecular complexity index is 2290. The number of hydrogen-bond donors (Lipinski definition) is 0. The molecule has 5 fully saturated rings. The molecule has 0 amide bonds. The number of ether oxygens (including phenoxy) is 7. The second-order valence-electron chi connectivity index (χ2n) is 19.6. The van der Waals surface area contributed by atoms with Gasteiger partial charge in [0, 0.05) is 55.9 Å². The Hall–Kier alpha value is -4.44. The molecular formula is C49H64N2O9Si. The van der Waals surface area contributed by atoms with Crippen LogP contribution in [0.3, 0.4) is 0 Å². The maximum Gasteiger partial charge on any atom is 0.338 e. The molecule has 0 unspecified atom stereocenters. The van der Waals surface area contributed by atoms with Gasteiger partial charge in [0.1, 0.15) is 26.0 Å². The van der Waals surface area contributed by atoms with E-state index in [1.54, 1.807) is 26.4 Å². The van der Waals surface area contributed by atoms with Crippen molar-refractivity contribution in [3.05, 3.63) is 58.3 Å². The Morgan fingerprint density at radius 1 is 0.885 bits per heavy atom. The summed E-state index contributed by atoms with van der Waals surface area (Å²) in [4.78, 5) is 30.3. The van der Waals surface area contributed by atoms with E-state index in [1.165, 1.54) is 68.2 Å². The number of esters is 2. The van der Waals surface area contributed by atoms with E-state index >= 15 is 0 Å². The van der Waals surface area contributed by atoms with Crippen molar-refractivity contribution in [2.75, 3.05) is 55.7 Å². The van der Waals surface area contributed by atoms with Gasteiger partial charge in [-0.05, 0) is 91.0 Å². The molecule has 3 aromatic rings. The molecule has 4 aliphatic carbocycles. The monoisotopic (exact) mass is 852 g/mol. The number of fused-ring (bicyclic) bond motifs is 8. The highest BCUT2D eigenvalue weighted by molar-refractivity contribution is 6.83. The zero-order valence-corrected chi connectivity index (χ0v) is 39.1. The lowest BCUT2D eigenvalue weighted by Crippen LogP contribution is -2.58. The second kappa shape index (κ2) is 16.4. The van der Waals surface area contributed by atoms with Crippen molar-refractivity contribution in [3.8, 4) is 34.5 Å². The van der Waals surface area contributed by atoms with Gasteiger partial charge in [-0.3, -0.25) is 9.69 Å². The Morgan fingerprint density at radius 3 is 2.20 bits per heavy atom. The number of benzene rings is 2. The average Bonchev–Trinajstić information content (AvgIpc) is 3.53. The Balaban J connectivity index is 1.12. The topological polar surface area (TPSA) is 107 Å². The van der Waals surface area contributed by atoms with E-state index in [-0.39, 0.29) is 40.7 Å². The van der Waals surface area contributed by atoms with E-state index in [9.17, 15) is 9.59 Å². The van der Waals surface area contributed by atoms with Crippen LogP contribution in [0.5, 0.6) is 23.0 Å². The molecule has 0 N–H and O–H groups in total.